The van der Waals surface area contributed by atoms with E-state index >= 15 is 0 Å². The van der Waals surface area contributed by atoms with Crippen LogP contribution in [-0.4, -0.2) is 32.1 Å². The van der Waals surface area contributed by atoms with Gasteiger partial charge in [-0.3, -0.25) is 0 Å². The average molecular weight is 260 g/mol. The smallest absolute Gasteiger partial charge is 0.434 e. The summed E-state index contributed by atoms with van der Waals surface area (Å²) in [4.78, 5) is 11.3. The summed E-state index contributed by atoms with van der Waals surface area (Å²) in [6.07, 6.45) is 5.67. The molecule has 0 rings (SSSR count). The van der Waals surface area contributed by atoms with Gasteiger partial charge in [-0.05, 0) is 19.8 Å². The van der Waals surface area contributed by atoms with Crippen LogP contribution in [0.4, 0.5) is 4.79 Å². The van der Waals surface area contributed by atoms with Crippen molar-refractivity contribution in [2.24, 2.45) is 0 Å². The highest BCUT2D eigenvalue weighted by Gasteiger charge is 2.10. The predicted octanol–water partition coefficient (Wildman–Crippen LogP) is 3.93. The number of unbranched alkanes of at least 4 members (excludes halogenated alkanes) is 4. The summed E-state index contributed by atoms with van der Waals surface area (Å²) >= 11 is 0. The van der Waals surface area contributed by atoms with Gasteiger partial charge < -0.3 is 14.2 Å². The van der Waals surface area contributed by atoms with Crippen LogP contribution in [0.1, 0.15) is 59.3 Å². The van der Waals surface area contributed by atoms with Gasteiger partial charge in [-0.1, -0.05) is 39.5 Å². The predicted molar refractivity (Wildman–Crippen MR) is 71.8 cm³/mol. The van der Waals surface area contributed by atoms with E-state index in [1.807, 2.05) is 6.92 Å². The Morgan fingerprint density at radius 2 is 1.72 bits per heavy atom. The lowest BCUT2D eigenvalue weighted by atomic mass is 10.2. The molecular formula is C14H28O4. The molecule has 0 N–H and O–H groups in total. The third kappa shape index (κ3) is 11.7. The summed E-state index contributed by atoms with van der Waals surface area (Å²) in [5, 5.41) is 0. The highest BCUT2D eigenvalue weighted by Crippen LogP contribution is 2.01. The van der Waals surface area contributed by atoms with Gasteiger partial charge in [-0.25, -0.2) is 4.79 Å². The summed E-state index contributed by atoms with van der Waals surface area (Å²) in [6.45, 7) is 7.67. The van der Waals surface area contributed by atoms with Crippen LogP contribution in [0.15, 0.2) is 0 Å². The lowest BCUT2D eigenvalue weighted by Crippen LogP contribution is -2.21. The lowest BCUT2D eigenvalue weighted by Gasteiger charge is -2.13. The minimum atomic E-state index is -0.585. The largest absolute Gasteiger partial charge is 0.508 e. The van der Waals surface area contributed by atoms with Crippen LogP contribution < -0.4 is 0 Å². The highest BCUT2D eigenvalue weighted by molar-refractivity contribution is 5.60. The number of carbonyl (C=O) groups is 1. The molecule has 1 unspecified atom stereocenters. The van der Waals surface area contributed by atoms with Crippen molar-refractivity contribution in [3.8, 4) is 0 Å². The van der Waals surface area contributed by atoms with Crippen molar-refractivity contribution in [3.05, 3.63) is 0 Å². The Balaban J connectivity index is 3.37. The maximum Gasteiger partial charge on any atom is 0.508 e. The molecule has 0 aromatic rings. The Morgan fingerprint density at radius 1 is 1.00 bits per heavy atom. The van der Waals surface area contributed by atoms with Gasteiger partial charge >= 0.3 is 6.16 Å². The molecule has 0 radical (unpaired) electrons. The van der Waals surface area contributed by atoms with E-state index in [1.54, 1.807) is 0 Å². The molecule has 18 heavy (non-hydrogen) atoms. The first-order chi connectivity index (χ1) is 8.70. The van der Waals surface area contributed by atoms with Crippen molar-refractivity contribution >= 4 is 6.16 Å². The standard InChI is InChI=1S/C14H28O4/c1-4-6-8-9-11-17-14(15)18-13(3)12-16-10-7-5-2/h13H,4-12H2,1-3H3. The third-order valence-electron chi connectivity index (χ3n) is 2.51. The molecule has 0 heterocycles. The van der Waals surface area contributed by atoms with E-state index in [0.29, 0.717) is 13.2 Å². The maximum atomic E-state index is 11.3. The molecular weight excluding hydrogens is 232 g/mol. The second-order valence-electron chi connectivity index (χ2n) is 4.52. The van der Waals surface area contributed by atoms with Gasteiger partial charge in [-0.2, -0.15) is 0 Å². The number of hydrogen-bond acceptors (Lipinski definition) is 4. The minimum Gasteiger partial charge on any atom is -0.434 e. The topological polar surface area (TPSA) is 44.8 Å². The minimum absolute atomic E-state index is 0.245. The van der Waals surface area contributed by atoms with Crippen molar-refractivity contribution in [1.29, 1.82) is 0 Å². The zero-order valence-electron chi connectivity index (χ0n) is 12.1. The molecule has 0 aliphatic rings. The quantitative estimate of drug-likeness (QED) is 0.417. The molecule has 0 bridgehead atoms. The second-order valence-corrected chi connectivity index (χ2v) is 4.52. The Morgan fingerprint density at radius 3 is 2.39 bits per heavy atom. The summed E-state index contributed by atoms with van der Waals surface area (Å²) < 4.78 is 15.4. The van der Waals surface area contributed by atoms with Gasteiger partial charge in [-0.15, -0.1) is 0 Å². The molecule has 0 amide bonds. The van der Waals surface area contributed by atoms with Crippen molar-refractivity contribution in [1.82, 2.24) is 0 Å². The van der Waals surface area contributed by atoms with Crippen LogP contribution in [0.5, 0.6) is 0 Å². The fourth-order valence-corrected chi connectivity index (χ4v) is 1.41. The highest BCUT2D eigenvalue weighted by atomic mass is 16.7. The molecule has 0 fully saturated rings. The van der Waals surface area contributed by atoms with Crippen LogP contribution in [0.25, 0.3) is 0 Å². The van der Waals surface area contributed by atoms with Crippen LogP contribution in [0, 0.1) is 0 Å². The Labute approximate surface area is 111 Å². The van der Waals surface area contributed by atoms with Crippen LogP contribution in [0.2, 0.25) is 0 Å². The van der Waals surface area contributed by atoms with Gasteiger partial charge in [0.15, 0.2) is 0 Å². The van der Waals surface area contributed by atoms with Gasteiger partial charge in [0.1, 0.15) is 6.10 Å². The van der Waals surface area contributed by atoms with E-state index < -0.39 is 6.16 Å². The van der Waals surface area contributed by atoms with Gasteiger partial charge in [0.2, 0.25) is 0 Å². The van der Waals surface area contributed by atoms with Gasteiger partial charge in [0, 0.05) is 6.61 Å². The Hall–Kier alpha value is -0.770. The zero-order valence-corrected chi connectivity index (χ0v) is 12.1. The second kappa shape index (κ2) is 12.7. The summed E-state index contributed by atoms with van der Waals surface area (Å²) in [6, 6.07) is 0. The molecule has 0 spiro atoms. The van der Waals surface area contributed by atoms with E-state index in [2.05, 4.69) is 13.8 Å². The number of ether oxygens (including phenoxy) is 3. The first-order valence-electron chi connectivity index (χ1n) is 7.11. The van der Waals surface area contributed by atoms with Crippen molar-refractivity contribution in [2.45, 2.75) is 65.4 Å². The maximum absolute atomic E-state index is 11.3. The fraction of sp³-hybridized carbons (Fsp3) is 0.929. The zero-order chi connectivity index (χ0) is 13.6. The van der Waals surface area contributed by atoms with Crippen LogP contribution in [0.3, 0.4) is 0 Å². The van der Waals surface area contributed by atoms with Crippen molar-refractivity contribution in [3.63, 3.8) is 0 Å². The number of carbonyl (C=O) groups excluding carboxylic acids is 1. The van der Waals surface area contributed by atoms with Crippen molar-refractivity contribution < 1.29 is 19.0 Å². The van der Waals surface area contributed by atoms with E-state index in [1.165, 1.54) is 12.8 Å². The van der Waals surface area contributed by atoms with Crippen LogP contribution >= 0.6 is 0 Å². The van der Waals surface area contributed by atoms with E-state index in [-0.39, 0.29) is 6.10 Å². The first kappa shape index (κ1) is 17.2. The molecule has 0 aromatic carbocycles. The van der Waals surface area contributed by atoms with E-state index in [4.69, 9.17) is 14.2 Å². The van der Waals surface area contributed by atoms with E-state index in [9.17, 15) is 4.79 Å². The molecule has 0 aliphatic carbocycles. The Bertz CT molecular complexity index is 194. The normalized spacial score (nSPS) is 12.2. The first-order valence-corrected chi connectivity index (χ1v) is 7.11. The molecule has 0 aliphatic heterocycles. The fourth-order valence-electron chi connectivity index (χ4n) is 1.41. The number of hydrogen-bond donors (Lipinski definition) is 0. The molecule has 4 nitrogen and oxygen atoms in total. The summed E-state index contributed by atoms with van der Waals surface area (Å²) in [7, 11) is 0. The summed E-state index contributed by atoms with van der Waals surface area (Å²) in [5.74, 6) is 0. The SMILES string of the molecule is CCCCCCOC(=O)OC(C)COCCCC. The molecule has 1 atom stereocenters. The average Bonchev–Trinajstić information content (AvgIpc) is 2.34. The van der Waals surface area contributed by atoms with Crippen LogP contribution in [-0.2, 0) is 14.2 Å². The third-order valence-corrected chi connectivity index (χ3v) is 2.51. The Kier molecular flexibility index (Phi) is 12.1. The lowest BCUT2D eigenvalue weighted by molar-refractivity contribution is -0.00992. The molecule has 4 heteroatoms. The molecule has 108 valence electrons. The van der Waals surface area contributed by atoms with Crippen molar-refractivity contribution in [2.75, 3.05) is 19.8 Å². The summed E-state index contributed by atoms with van der Waals surface area (Å²) in [5.41, 5.74) is 0. The number of rotatable bonds is 11. The van der Waals surface area contributed by atoms with E-state index in [0.717, 1.165) is 32.3 Å². The molecule has 0 aromatic heterocycles. The molecule has 0 saturated carbocycles. The molecule has 0 saturated heterocycles. The monoisotopic (exact) mass is 260 g/mol. The van der Waals surface area contributed by atoms with Gasteiger partial charge in [0.25, 0.3) is 0 Å². The van der Waals surface area contributed by atoms with Gasteiger partial charge in [0.05, 0.1) is 13.2 Å².